The average molecular weight is 516 g/mol. The van der Waals surface area contributed by atoms with Gasteiger partial charge in [-0.25, -0.2) is 4.98 Å². The highest BCUT2D eigenvalue weighted by Gasteiger charge is 2.19. The molecule has 5 nitrogen and oxygen atoms in total. The van der Waals surface area contributed by atoms with E-state index in [1.807, 2.05) is 66.9 Å². The van der Waals surface area contributed by atoms with E-state index in [1.165, 1.54) is 10.8 Å². The Morgan fingerprint density at radius 2 is 1.40 bits per heavy atom. The van der Waals surface area contributed by atoms with Crippen molar-refractivity contribution in [2.45, 2.75) is 0 Å². The first kappa shape index (κ1) is 23.6. The fourth-order valence-electron chi connectivity index (χ4n) is 5.25. The van der Waals surface area contributed by atoms with Crippen molar-refractivity contribution in [2.24, 2.45) is 0 Å². The maximum absolute atomic E-state index is 4.97. The molecule has 0 radical (unpaired) electrons. The second-order valence-electron chi connectivity index (χ2n) is 9.44. The van der Waals surface area contributed by atoms with Gasteiger partial charge in [-0.05, 0) is 30.3 Å². The Morgan fingerprint density at radius 1 is 0.625 bits per heavy atom. The van der Waals surface area contributed by atoms with E-state index in [4.69, 9.17) is 15.0 Å². The third kappa shape index (κ3) is 4.01. The lowest BCUT2D eigenvalue weighted by Gasteiger charge is -2.12. The summed E-state index contributed by atoms with van der Waals surface area (Å²) in [5.41, 5.74) is 5.35. The van der Waals surface area contributed by atoms with Crippen LogP contribution in [-0.4, -0.2) is 24.1 Å². The van der Waals surface area contributed by atoms with E-state index >= 15 is 0 Å². The van der Waals surface area contributed by atoms with Gasteiger partial charge in [0.25, 0.3) is 0 Å². The van der Waals surface area contributed by atoms with Crippen molar-refractivity contribution in [3.8, 4) is 23.0 Å². The summed E-state index contributed by atoms with van der Waals surface area (Å²) in [7, 11) is 0. The van der Waals surface area contributed by atoms with E-state index in [0.29, 0.717) is 17.6 Å². The molecule has 0 bridgehead atoms. The van der Waals surface area contributed by atoms with Gasteiger partial charge in [-0.15, -0.1) is 0 Å². The molecule has 0 saturated heterocycles. The highest BCUT2D eigenvalue weighted by Crippen LogP contribution is 2.37. The average Bonchev–Trinajstić information content (AvgIpc) is 3.60. The molecule has 0 aliphatic heterocycles. The van der Waals surface area contributed by atoms with Crippen molar-refractivity contribution in [1.29, 1.82) is 0 Å². The van der Waals surface area contributed by atoms with E-state index in [2.05, 4.69) is 82.4 Å². The number of rotatable bonds is 6. The van der Waals surface area contributed by atoms with Crippen molar-refractivity contribution >= 4 is 38.8 Å². The van der Waals surface area contributed by atoms with Crippen LogP contribution in [0.25, 0.3) is 61.8 Å². The lowest BCUT2D eigenvalue weighted by Crippen LogP contribution is -2.06. The van der Waals surface area contributed by atoms with Gasteiger partial charge < -0.3 is 4.57 Å². The molecule has 0 aliphatic rings. The number of benzene rings is 4. The Kier molecular flexibility index (Phi) is 5.87. The van der Waals surface area contributed by atoms with Crippen LogP contribution in [0.15, 0.2) is 140 Å². The van der Waals surface area contributed by atoms with Gasteiger partial charge in [0.1, 0.15) is 0 Å². The third-order valence-electron chi connectivity index (χ3n) is 6.99. The molecule has 7 rings (SSSR count). The molecule has 3 heterocycles. The van der Waals surface area contributed by atoms with Gasteiger partial charge >= 0.3 is 0 Å². The van der Waals surface area contributed by atoms with E-state index in [-0.39, 0.29) is 0 Å². The maximum Gasteiger partial charge on any atom is 0.238 e. The number of hydrogen-bond acceptors (Lipinski definition) is 3. The molecule has 0 aliphatic carbocycles. The zero-order valence-corrected chi connectivity index (χ0v) is 21.7. The molecule has 0 spiro atoms. The largest absolute Gasteiger partial charge is 0.307 e. The Morgan fingerprint density at radius 3 is 2.23 bits per heavy atom. The van der Waals surface area contributed by atoms with Crippen LogP contribution in [-0.2, 0) is 0 Å². The zero-order valence-electron chi connectivity index (χ0n) is 21.7. The molecule has 7 aromatic rings. The lowest BCUT2D eigenvalue weighted by atomic mass is 10.1. The third-order valence-corrected chi connectivity index (χ3v) is 6.99. The van der Waals surface area contributed by atoms with Crippen LogP contribution in [0.4, 0.5) is 0 Å². The summed E-state index contributed by atoms with van der Waals surface area (Å²) in [5.74, 6) is 1.76. The topological polar surface area (TPSA) is 48.5 Å². The molecule has 0 fully saturated rings. The van der Waals surface area contributed by atoms with Crippen molar-refractivity contribution in [2.75, 3.05) is 0 Å². The van der Waals surface area contributed by atoms with Gasteiger partial charge in [0.05, 0.1) is 16.6 Å². The molecule has 4 aromatic carbocycles. The standard InChI is InChI=1S/C35H25N5/c1-2-3-4-11-20-31-36-34(26-14-7-5-8-15-26)38-35(37-31)39-24-23-25-21-22-29-28-18-12-13-19-30(28)40(33(29)32(25)39)27-16-9-6-10-17-27/h2-24H,1H2/b4-3-,20-11+. The van der Waals surface area contributed by atoms with Crippen LogP contribution in [0.3, 0.4) is 0 Å². The molecule has 3 aromatic heterocycles. The summed E-state index contributed by atoms with van der Waals surface area (Å²) in [5, 5.41) is 3.49. The summed E-state index contributed by atoms with van der Waals surface area (Å²) >= 11 is 0. The van der Waals surface area contributed by atoms with Gasteiger partial charge in [0, 0.05) is 33.6 Å². The minimum absolute atomic E-state index is 0.563. The van der Waals surface area contributed by atoms with Crippen LogP contribution in [0.1, 0.15) is 5.82 Å². The van der Waals surface area contributed by atoms with Crippen LogP contribution in [0.5, 0.6) is 0 Å². The molecule has 5 heteroatoms. The van der Waals surface area contributed by atoms with Gasteiger partial charge in [-0.3, -0.25) is 4.57 Å². The molecule has 0 amide bonds. The molecular formula is C35H25N5. The Balaban J connectivity index is 1.54. The zero-order chi connectivity index (χ0) is 26.9. The fourth-order valence-corrected chi connectivity index (χ4v) is 5.25. The lowest BCUT2D eigenvalue weighted by molar-refractivity contribution is 0.918. The molecule has 0 N–H and O–H groups in total. The molecule has 40 heavy (non-hydrogen) atoms. The van der Waals surface area contributed by atoms with Gasteiger partial charge in [0.2, 0.25) is 5.95 Å². The highest BCUT2D eigenvalue weighted by molar-refractivity contribution is 6.18. The van der Waals surface area contributed by atoms with Crippen molar-refractivity contribution in [3.05, 3.63) is 146 Å². The molecule has 0 saturated carbocycles. The predicted octanol–water partition coefficient (Wildman–Crippen LogP) is 8.34. The Hall–Kier alpha value is -5.55. The summed E-state index contributed by atoms with van der Waals surface area (Å²) in [6.07, 6.45) is 11.4. The minimum atomic E-state index is 0.563. The van der Waals surface area contributed by atoms with Crippen molar-refractivity contribution in [3.63, 3.8) is 0 Å². The number of fused-ring (bicyclic) bond motifs is 5. The van der Waals surface area contributed by atoms with Crippen LogP contribution in [0, 0.1) is 0 Å². The Bertz CT molecular complexity index is 2060. The smallest absolute Gasteiger partial charge is 0.238 e. The first-order valence-corrected chi connectivity index (χ1v) is 13.2. The molecule has 0 unspecified atom stereocenters. The summed E-state index contributed by atoms with van der Waals surface area (Å²) < 4.78 is 4.42. The SMILES string of the molecule is C=C/C=C\C=C\c1nc(-c2ccccc2)nc(-n2ccc3ccc4c5ccccc5n(-c5ccccc5)c4c32)n1. The number of allylic oxidation sites excluding steroid dienone is 4. The van der Waals surface area contributed by atoms with Crippen LogP contribution >= 0.6 is 0 Å². The van der Waals surface area contributed by atoms with Crippen LogP contribution < -0.4 is 0 Å². The van der Waals surface area contributed by atoms with E-state index in [1.54, 1.807) is 6.08 Å². The molecular weight excluding hydrogens is 490 g/mol. The first-order valence-electron chi connectivity index (χ1n) is 13.2. The van der Waals surface area contributed by atoms with Gasteiger partial charge in [0.15, 0.2) is 11.6 Å². The summed E-state index contributed by atoms with van der Waals surface area (Å²) in [4.78, 5) is 14.6. The van der Waals surface area contributed by atoms with Crippen molar-refractivity contribution < 1.29 is 0 Å². The monoisotopic (exact) mass is 515 g/mol. The van der Waals surface area contributed by atoms with E-state index in [0.717, 1.165) is 33.2 Å². The highest BCUT2D eigenvalue weighted by atomic mass is 15.2. The minimum Gasteiger partial charge on any atom is -0.307 e. The maximum atomic E-state index is 4.97. The number of hydrogen-bond donors (Lipinski definition) is 0. The number of nitrogens with zero attached hydrogens (tertiary/aromatic N) is 5. The Labute approximate surface area is 231 Å². The van der Waals surface area contributed by atoms with Crippen molar-refractivity contribution in [1.82, 2.24) is 24.1 Å². The molecule has 190 valence electrons. The first-order chi connectivity index (χ1) is 19.8. The second kappa shape index (κ2) is 9.97. The second-order valence-corrected chi connectivity index (χ2v) is 9.44. The quantitative estimate of drug-likeness (QED) is 0.209. The molecule has 0 atom stereocenters. The predicted molar refractivity (Wildman–Crippen MR) is 165 cm³/mol. The summed E-state index contributed by atoms with van der Waals surface area (Å²) in [6.45, 7) is 3.74. The number of aromatic nitrogens is 5. The normalized spacial score (nSPS) is 11.9. The number of para-hydroxylation sites is 2. The van der Waals surface area contributed by atoms with Crippen LogP contribution in [0.2, 0.25) is 0 Å². The fraction of sp³-hybridized carbons (Fsp3) is 0. The van der Waals surface area contributed by atoms with Gasteiger partial charge in [-0.1, -0.05) is 110 Å². The van der Waals surface area contributed by atoms with Gasteiger partial charge in [-0.2, -0.15) is 9.97 Å². The van der Waals surface area contributed by atoms with E-state index in [9.17, 15) is 0 Å². The van der Waals surface area contributed by atoms with E-state index < -0.39 is 0 Å². The summed E-state index contributed by atoms with van der Waals surface area (Å²) in [6, 6.07) is 35.6.